The van der Waals surface area contributed by atoms with Crippen molar-refractivity contribution < 1.29 is 0 Å². The second-order valence-corrected chi connectivity index (χ2v) is 5.52. The van der Waals surface area contributed by atoms with Crippen molar-refractivity contribution in [3.8, 4) is 0 Å². The molecule has 1 aliphatic carbocycles. The van der Waals surface area contributed by atoms with Crippen molar-refractivity contribution in [1.82, 2.24) is 5.32 Å². The van der Waals surface area contributed by atoms with Crippen LogP contribution in [0.4, 0.5) is 0 Å². The van der Waals surface area contributed by atoms with E-state index in [2.05, 4.69) is 54.7 Å². The first-order valence-corrected chi connectivity index (χ1v) is 7.04. The molecule has 1 fully saturated rings. The maximum absolute atomic E-state index is 3.76. The molecule has 2 aromatic rings. The van der Waals surface area contributed by atoms with E-state index in [1.54, 1.807) is 0 Å². The van der Waals surface area contributed by atoms with Crippen molar-refractivity contribution in [2.75, 3.05) is 0 Å². The van der Waals surface area contributed by atoms with Gasteiger partial charge in [0.05, 0.1) is 0 Å². The molecule has 1 nitrogen and oxygen atoms in total. The van der Waals surface area contributed by atoms with Gasteiger partial charge in [-0.2, -0.15) is 0 Å². The molecular weight excluding hydrogens is 218 g/mol. The molecule has 1 saturated carbocycles. The van der Waals surface area contributed by atoms with Gasteiger partial charge in [0.1, 0.15) is 0 Å². The molecular formula is C17H21N. The molecule has 94 valence electrons. The second kappa shape index (κ2) is 4.74. The summed E-state index contributed by atoms with van der Waals surface area (Å²) in [6.45, 7) is 3.30. The number of hydrogen-bond acceptors (Lipinski definition) is 1. The Labute approximate surface area is 109 Å². The minimum atomic E-state index is 0.436. The Morgan fingerprint density at radius 3 is 2.50 bits per heavy atom. The lowest BCUT2D eigenvalue weighted by Crippen LogP contribution is -2.49. The second-order valence-electron chi connectivity index (χ2n) is 5.52. The summed E-state index contributed by atoms with van der Waals surface area (Å²) in [5.74, 6) is 0. The molecule has 0 heterocycles. The van der Waals surface area contributed by atoms with Gasteiger partial charge in [0, 0.05) is 12.1 Å². The Morgan fingerprint density at radius 1 is 1.06 bits per heavy atom. The van der Waals surface area contributed by atoms with Crippen LogP contribution < -0.4 is 5.32 Å². The molecule has 2 aromatic carbocycles. The topological polar surface area (TPSA) is 12.0 Å². The summed E-state index contributed by atoms with van der Waals surface area (Å²) in [7, 11) is 0. The number of nitrogens with one attached hydrogen (secondary N) is 1. The molecule has 1 heteroatoms. The number of fused-ring (bicyclic) bond motifs is 1. The molecule has 0 saturated heterocycles. The fraction of sp³-hybridized carbons (Fsp3) is 0.412. The summed E-state index contributed by atoms with van der Waals surface area (Å²) in [4.78, 5) is 0. The summed E-state index contributed by atoms with van der Waals surface area (Å²) in [5.41, 5.74) is 1.83. The van der Waals surface area contributed by atoms with Gasteiger partial charge in [-0.1, -0.05) is 43.3 Å². The summed E-state index contributed by atoms with van der Waals surface area (Å²) < 4.78 is 0. The lowest BCUT2D eigenvalue weighted by atomic mass is 9.75. The molecule has 0 aliphatic heterocycles. The molecule has 0 unspecified atom stereocenters. The summed E-state index contributed by atoms with van der Waals surface area (Å²) >= 11 is 0. The van der Waals surface area contributed by atoms with Gasteiger partial charge in [0.2, 0.25) is 0 Å². The predicted molar refractivity (Wildman–Crippen MR) is 77.7 cm³/mol. The van der Waals surface area contributed by atoms with Gasteiger partial charge < -0.3 is 5.32 Å². The van der Waals surface area contributed by atoms with Gasteiger partial charge >= 0.3 is 0 Å². The lowest BCUT2D eigenvalue weighted by Gasteiger charge is -2.42. The minimum Gasteiger partial charge on any atom is -0.307 e. The Morgan fingerprint density at radius 2 is 1.83 bits per heavy atom. The SMILES string of the molecule is CCC1(NCc2ccc3ccccc3c2)CCC1. The van der Waals surface area contributed by atoms with E-state index in [9.17, 15) is 0 Å². The standard InChI is InChI=1S/C17H21N/c1-2-17(10-5-11-17)18-13-14-8-9-15-6-3-4-7-16(15)12-14/h3-4,6-9,12,18H,2,5,10-11,13H2,1H3. The predicted octanol–water partition coefficient (Wildman–Crippen LogP) is 4.26. The van der Waals surface area contributed by atoms with Crippen LogP contribution in [0.1, 0.15) is 38.2 Å². The van der Waals surface area contributed by atoms with E-state index in [4.69, 9.17) is 0 Å². The van der Waals surface area contributed by atoms with E-state index in [-0.39, 0.29) is 0 Å². The third kappa shape index (κ3) is 2.15. The molecule has 0 amide bonds. The number of hydrogen-bond donors (Lipinski definition) is 1. The van der Waals surface area contributed by atoms with Gasteiger partial charge in [0.15, 0.2) is 0 Å². The highest BCUT2D eigenvalue weighted by molar-refractivity contribution is 5.82. The number of rotatable bonds is 4. The van der Waals surface area contributed by atoms with E-state index in [1.807, 2.05) is 0 Å². The first kappa shape index (κ1) is 11.7. The van der Waals surface area contributed by atoms with Crippen LogP contribution in [0.5, 0.6) is 0 Å². The largest absolute Gasteiger partial charge is 0.307 e. The van der Waals surface area contributed by atoms with E-state index in [0.29, 0.717) is 5.54 Å². The Kier molecular flexibility index (Phi) is 3.09. The average Bonchev–Trinajstić information content (AvgIpc) is 2.38. The fourth-order valence-electron chi connectivity index (χ4n) is 2.90. The van der Waals surface area contributed by atoms with Gasteiger partial charge in [-0.05, 0) is 48.1 Å². The van der Waals surface area contributed by atoms with Crippen LogP contribution in [0.2, 0.25) is 0 Å². The first-order chi connectivity index (χ1) is 8.81. The third-order valence-corrected chi connectivity index (χ3v) is 4.47. The highest BCUT2D eigenvalue weighted by Gasteiger charge is 2.34. The van der Waals surface area contributed by atoms with Gasteiger partial charge in [-0.15, -0.1) is 0 Å². The van der Waals surface area contributed by atoms with E-state index < -0.39 is 0 Å². The Hall–Kier alpha value is -1.34. The molecule has 1 N–H and O–H groups in total. The molecule has 1 aliphatic rings. The van der Waals surface area contributed by atoms with Crippen molar-refractivity contribution in [2.45, 2.75) is 44.7 Å². The normalized spacial score (nSPS) is 17.6. The van der Waals surface area contributed by atoms with Crippen molar-refractivity contribution in [3.05, 3.63) is 48.0 Å². The van der Waals surface area contributed by atoms with Crippen molar-refractivity contribution in [3.63, 3.8) is 0 Å². The lowest BCUT2D eigenvalue weighted by molar-refractivity contribution is 0.175. The van der Waals surface area contributed by atoms with Crippen LogP contribution >= 0.6 is 0 Å². The zero-order valence-corrected chi connectivity index (χ0v) is 11.1. The van der Waals surface area contributed by atoms with Gasteiger partial charge in [0.25, 0.3) is 0 Å². The van der Waals surface area contributed by atoms with Gasteiger partial charge in [-0.25, -0.2) is 0 Å². The van der Waals surface area contributed by atoms with Gasteiger partial charge in [-0.3, -0.25) is 0 Å². The van der Waals surface area contributed by atoms with Crippen molar-refractivity contribution in [1.29, 1.82) is 0 Å². The van der Waals surface area contributed by atoms with Crippen molar-refractivity contribution >= 4 is 10.8 Å². The number of benzene rings is 2. The van der Waals surface area contributed by atoms with Crippen LogP contribution in [0, 0.1) is 0 Å². The zero-order valence-electron chi connectivity index (χ0n) is 11.1. The van der Waals surface area contributed by atoms with Crippen LogP contribution in [0.15, 0.2) is 42.5 Å². The smallest absolute Gasteiger partial charge is 0.0210 e. The molecule has 0 atom stereocenters. The van der Waals surface area contributed by atoms with Crippen LogP contribution in [0.25, 0.3) is 10.8 Å². The van der Waals surface area contributed by atoms with E-state index >= 15 is 0 Å². The maximum Gasteiger partial charge on any atom is 0.0210 e. The zero-order chi connectivity index (χ0) is 12.4. The third-order valence-electron chi connectivity index (χ3n) is 4.47. The molecule has 0 radical (unpaired) electrons. The Balaban J connectivity index is 1.74. The highest BCUT2D eigenvalue weighted by Crippen LogP contribution is 2.34. The molecule has 0 aromatic heterocycles. The molecule has 0 bridgehead atoms. The van der Waals surface area contributed by atoms with Crippen molar-refractivity contribution in [2.24, 2.45) is 0 Å². The first-order valence-electron chi connectivity index (χ1n) is 7.04. The summed E-state index contributed by atoms with van der Waals surface area (Å²) in [6, 6.07) is 15.4. The Bertz CT molecular complexity index is 535. The summed E-state index contributed by atoms with van der Waals surface area (Å²) in [5, 5.41) is 6.44. The average molecular weight is 239 g/mol. The monoisotopic (exact) mass is 239 g/mol. The van der Waals surface area contributed by atoms with Crippen LogP contribution in [0.3, 0.4) is 0 Å². The quantitative estimate of drug-likeness (QED) is 0.840. The van der Waals surface area contributed by atoms with Crippen LogP contribution in [-0.2, 0) is 6.54 Å². The minimum absolute atomic E-state index is 0.436. The molecule has 18 heavy (non-hydrogen) atoms. The molecule has 3 rings (SSSR count). The fourth-order valence-corrected chi connectivity index (χ4v) is 2.90. The van der Waals surface area contributed by atoms with Crippen LogP contribution in [-0.4, -0.2) is 5.54 Å². The highest BCUT2D eigenvalue weighted by atomic mass is 15.0. The van der Waals surface area contributed by atoms with E-state index in [1.165, 1.54) is 42.0 Å². The van der Waals surface area contributed by atoms with E-state index in [0.717, 1.165) is 6.54 Å². The summed E-state index contributed by atoms with van der Waals surface area (Å²) in [6.07, 6.45) is 5.33. The molecule has 0 spiro atoms. The maximum atomic E-state index is 3.76.